The molecule has 0 aliphatic carbocycles. The quantitative estimate of drug-likeness (QED) is 0.891. The average Bonchev–Trinajstić information content (AvgIpc) is 2.18. The van der Waals surface area contributed by atoms with Gasteiger partial charge in [0.2, 0.25) is 0 Å². The molecule has 0 aliphatic rings. The van der Waals surface area contributed by atoms with Gasteiger partial charge in [-0.3, -0.25) is 0 Å². The number of aliphatic hydroxyl groups is 1. The Labute approximate surface area is 114 Å². The SMILES string of the molecule is Cc1ccc(CC(O)CSC(C)(C)C)c(Cl)c1. The van der Waals surface area contributed by atoms with Gasteiger partial charge in [0.05, 0.1) is 6.10 Å². The molecule has 0 saturated heterocycles. The van der Waals surface area contributed by atoms with Gasteiger partial charge in [-0.05, 0) is 24.1 Å². The first-order chi connectivity index (χ1) is 7.78. The van der Waals surface area contributed by atoms with Gasteiger partial charge < -0.3 is 5.11 Å². The summed E-state index contributed by atoms with van der Waals surface area (Å²) in [4.78, 5) is 0. The molecule has 0 aliphatic heterocycles. The van der Waals surface area contributed by atoms with Crippen molar-refractivity contribution in [3.63, 3.8) is 0 Å². The third-order valence-electron chi connectivity index (χ3n) is 2.37. The van der Waals surface area contributed by atoms with Gasteiger partial charge in [-0.1, -0.05) is 44.5 Å². The minimum absolute atomic E-state index is 0.193. The van der Waals surface area contributed by atoms with Crippen LogP contribution in [0.4, 0.5) is 0 Å². The maximum absolute atomic E-state index is 9.98. The standard InChI is InChI=1S/C14H21ClOS/c1-10-5-6-11(13(15)7-10)8-12(16)9-17-14(2,3)4/h5-7,12,16H,8-9H2,1-4H3. The molecular formula is C14H21ClOS. The summed E-state index contributed by atoms with van der Waals surface area (Å²) in [7, 11) is 0. The van der Waals surface area contributed by atoms with E-state index >= 15 is 0 Å². The van der Waals surface area contributed by atoms with Crippen molar-refractivity contribution in [2.75, 3.05) is 5.75 Å². The second-order valence-corrected chi connectivity index (χ2v) is 7.63. The molecule has 0 radical (unpaired) electrons. The number of rotatable bonds is 4. The van der Waals surface area contributed by atoms with Gasteiger partial charge in [-0.25, -0.2) is 0 Å². The molecule has 0 saturated carbocycles. The van der Waals surface area contributed by atoms with Crippen molar-refractivity contribution in [3.8, 4) is 0 Å². The van der Waals surface area contributed by atoms with Gasteiger partial charge in [-0.2, -0.15) is 11.8 Å². The molecule has 0 aromatic heterocycles. The number of benzene rings is 1. The van der Waals surface area contributed by atoms with Crippen LogP contribution in [0.2, 0.25) is 5.02 Å². The van der Waals surface area contributed by atoms with Gasteiger partial charge in [0.25, 0.3) is 0 Å². The molecule has 1 aromatic rings. The molecule has 0 bridgehead atoms. The lowest BCUT2D eigenvalue weighted by atomic mass is 10.1. The Morgan fingerprint density at radius 3 is 2.53 bits per heavy atom. The summed E-state index contributed by atoms with van der Waals surface area (Å²) >= 11 is 7.92. The molecule has 0 fully saturated rings. The van der Waals surface area contributed by atoms with Crippen LogP contribution < -0.4 is 0 Å². The van der Waals surface area contributed by atoms with Crippen LogP contribution in [0.1, 0.15) is 31.9 Å². The summed E-state index contributed by atoms with van der Waals surface area (Å²) in [6, 6.07) is 5.98. The molecule has 0 heterocycles. The van der Waals surface area contributed by atoms with Crippen LogP contribution in [-0.2, 0) is 6.42 Å². The van der Waals surface area contributed by atoms with Crippen molar-refractivity contribution in [2.24, 2.45) is 0 Å². The third-order valence-corrected chi connectivity index (χ3v) is 4.14. The first-order valence-electron chi connectivity index (χ1n) is 5.85. The number of hydrogen-bond donors (Lipinski definition) is 1. The molecule has 96 valence electrons. The first-order valence-corrected chi connectivity index (χ1v) is 7.21. The molecule has 1 unspecified atom stereocenters. The highest BCUT2D eigenvalue weighted by Gasteiger charge is 2.15. The fraction of sp³-hybridized carbons (Fsp3) is 0.571. The minimum Gasteiger partial charge on any atom is -0.392 e. The van der Waals surface area contributed by atoms with Gasteiger partial charge >= 0.3 is 0 Å². The zero-order chi connectivity index (χ0) is 13.1. The number of halogens is 1. The van der Waals surface area contributed by atoms with E-state index in [0.717, 1.165) is 21.9 Å². The number of thioether (sulfide) groups is 1. The second kappa shape index (κ2) is 6.12. The van der Waals surface area contributed by atoms with Crippen LogP contribution in [-0.4, -0.2) is 21.7 Å². The van der Waals surface area contributed by atoms with Gasteiger partial charge in [0.15, 0.2) is 0 Å². The Hall–Kier alpha value is -0.180. The highest BCUT2D eigenvalue weighted by molar-refractivity contribution is 8.00. The van der Waals surface area contributed by atoms with E-state index in [1.807, 2.05) is 25.1 Å². The summed E-state index contributed by atoms with van der Waals surface area (Å²) in [6.07, 6.45) is 0.293. The third kappa shape index (κ3) is 5.80. The van der Waals surface area contributed by atoms with Crippen LogP contribution in [0.15, 0.2) is 18.2 Å². The van der Waals surface area contributed by atoms with E-state index in [-0.39, 0.29) is 10.9 Å². The van der Waals surface area contributed by atoms with E-state index in [9.17, 15) is 5.11 Å². The fourth-order valence-corrected chi connectivity index (χ4v) is 2.60. The maximum Gasteiger partial charge on any atom is 0.0671 e. The number of aliphatic hydroxyl groups excluding tert-OH is 1. The first kappa shape index (κ1) is 14.9. The average molecular weight is 273 g/mol. The topological polar surface area (TPSA) is 20.2 Å². The van der Waals surface area contributed by atoms with E-state index in [0.29, 0.717) is 6.42 Å². The summed E-state index contributed by atoms with van der Waals surface area (Å²) in [5.74, 6) is 0.744. The Bertz CT molecular complexity index is 371. The summed E-state index contributed by atoms with van der Waals surface area (Å²) in [5.41, 5.74) is 2.18. The summed E-state index contributed by atoms with van der Waals surface area (Å²) in [5, 5.41) is 10.7. The lowest BCUT2D eigenvalue weighted by Gasteiger charge is -2.20. The summed E-state index contributed by atoms with van der Waals surface area (Å²) in [6.45, 7) is 8.48. The monoisotopic (exact) mass is 272 g/mol. The highest BCUT2D eigenvalue weighted by Crippen LogP contribution is 2.25. The predicted molar refractivity (Wildman–Crippen MR) is 78.1 cm³/mol. The molecule has 0 amide bonds. The zero-order valence-corrected chi connectivity index (χ0v) is 12.5. The van der Waals surface area contributed by atoms with Crippen molar-refractivity contribution in [3.05, 3.63) is 34.3 Å². The lowest BCUT2D eigenvalue weighted by Crippen LogP contribution is -2.19. The van der Waals surface area contributed by atoms with E-state index in [1.165, 1.54) is 0 Å². The zero-order valence-electron chi connectivity index (χ0n) is 11.0. The van der Waals surface area contributed by atoms with Crippen LogP contribution in [0.3, 0.4) is 0 Å². The second-order valence-electron chi connectivity index (χ2n) is 5.38. The molecule has 1 aromatic carbocycles. The van der Waals surface area contributed by atoms with E-state index in [2.05, 4.69) is 20.8 Å². The molecule has 1 atom stereocenters. The van der Waals surface area contributed by atoms with E-state index in [1.54, 1.807) is 11.8 Å². The van der Waals surface area contributed by atoms with Gasteiger partial charge in [0, 0.05) is 21.9 Å². The van der Waals surface area contributed by atoms with Crippen LogP contribution >= 0.6 is 23.4 Å². The molecule has 0 spiro atoms. The Kier molecular flexibility index (Phi) is 5.36. The molecule has 3 heteroatoms. The molecule has 1 rings (SSSR count). The van der Waals surface area contributed by atoms with Crippen molar-refractivity contribution in [2.45, 2.75) is 45.0 Å². The Morgan fingerprint density at radius 1 is 1.35 bits per heavy atom. The van der Waals surface area contributed by atoms with Crippen molar-refractivity contribution in [1.29, 1.82) is 0 Å². The van der Waals surface area contributed by atoms with Crippen molar-refractivity contribution in [1.82, 2.24) is 0 Å². The number of aryl methyl sites for hydroxylation is 1. The van der Waals surface area contributed by atoms with Gasteiger partial charge in [-0.15, -0.1) is 0 Å². The predicted octanol–water partition coefficient (Wildman–Crippen LogP) is 4.08. The minimum atomic E-state index is -0.334. The van der Waals surface area contributed by atoms with Crippen molar-refractivity contribution >= 4 is 23.4 Å². The Morgan fingerprint density at radius 2 is 2.00 bits per heavy atom. The molecule has 1 nitrogen and oxygen atoms in total. The van der Waals surface area contributed by atoms with Crippen LogP contribution in [0.5, 0.6) is 0 Å². The summed E-state index contributed by atoms with van der Waals surface area (Å²) < 4.78 is 0.193. The largest absolute Gasteiger partial charge is 0.392 e. The maximum atomic E-state index is 9.98. The van der Waals surface area contributed by atoms with Crippen molar-refractivity contribution < 1.29 is 5.11 Å². The fourth-order valence-electron chi connectivity index (χ4n) is 1.48. The Balaban J connectivity index is 2.53. The lowest BCUT2D eigenvalue weighted by molar-refractivity contribution is 0.200. The normalized spacial score (nSPS) is 13.8. The highest BCUT2D eigenvalue weighted by atomic mass is 35.5. The van der Waals surface area contributed by atoms with Crippen LogP contribution in [0, 0.1) is 6.92 Å². The van der Waals surface area contributed by atoms with E-state index in [4.69, 9.17) is 11.6 Å². The smallest absolute Gasteiger partial charge is 0.0671 e. The molecule has 17 heavy (non-hydrogen) atoms. The van der Waals surface area contributed by atoms with Gasteiger partial charge in [0.1, 0.15) is 0 Å². The number of hydrogen-bond acceptors (Lipinski definition) is 2. The molecular weight excluding hydrogens is 252 g/mol. The van der Waals surface area contributed by atoms with E-state index < -0.39 is 0 Å². The van der Waals surface area contributed by atoms with Crippen LogP contribution in [0.25, 0.3) is 0 Å². The molecule has 1 N–H and O–H groups in total.